The van der Waals surface area contributed by atoms with Crippen molar-refractivity contribution in [2.45, 2.75) is 38.0 Å². The molecule has 6 nitrogen and oxygen atoms in total. The Morgan fingerprint density at radius 3 is 2.16 bits per heavy atom. The van der Waals surface area contributed by atoms with Crippen molar-refractivity contribution >= 4 is 20.2 Å². The zero-order chi connectivity index (χ0) is 13.7. The molecule has 1 heterocycles. The van der Waals surface area contributed by atoms with Crippen LogP contribution < -0.4 is 0 Å². The summed E-state index contributed by atoms with van der Waals surface area (Å²) in [5.41, 5.74) is 0. The molecular formula is C10H15O6S2Y-3. The van der Waals surface area contributed by atoms with Crippen LogP contribution in [-0.2, 0) is 57.1 Å². The molecule has 2 bridgehead atoms. The van der Waals surface area contributed by atoms with Crippen LogP contribution in [0.3, 0.4) is 0 Å². The quantitative estimate of drug-likeness (QED) is 0.369. The third-order valence-electron chi connectivity index (χ3n) is 3.59. The van der Waals surface area contributed by atoms with E-state index in [-0.39, 0.29) is 49.3 Å². The van der Waals surface area contributed by atoms with Crippen LogP contribution in [0.25, 0.3) is 0 Å². The summed E-state index contributed by atoms with van der Waals surface area (Å²) in [6, 6.07) is 0. The van der Waals surface area contributed by atoms with Gasteiger partial charge in [0.2, 0.25) is 0 Å². The molecule has 3 fully saturated rings. The van der Waals surface area contributed by atoms with Crippen molar-refractivity contribution in [1.82, 2.24) is 0 Å². The van der Waals surface area contributed by atoms with Crippen LogP contribution in [-0.4, -0.2) is 32.7 Å². The van der Waals surface area contributed by atoms with Crippen LogP contribution in [0, 0.1) is 23.5 Å². The molecule has 109 valence electrons. The number of hydrogen-bond acceptors (Lipinski definition) is 6. The van der Waals surface area contributed by atoms with Gasteiger partial charge in [0.05, 0.1) is 5.25 Å². The van der Waals surface area contributed by atoms with Crippen LogP contribution in [0.4, 0.5) is 0 Å². The molecule has 0 aromatic heterocycles. The van der Waals surface area contributed by atoms with Crippen molar-refractivity contribution in [3.8, 4) is 0 Å². The maximum Gasteiger partial charge on any atom is 0.268 e. The fourth-order valence-corrected chi connectivity index (χ4v) is 4.48. The van der Waals surface area contributed by atoms with E-state index in [9.17, 15) is 21.4 Å². The normalized spacial score (nSPS) is 37.7. The van der Waals surface area contributed by atoms with Crippen LogP contribution in [0.1, 0.15) is 26.7 Å². The molecule has 3 aliphatic rings. The Bertz CT molecular complexity index is 524. The van der Waals surface area contributed by atoms with E-state index in [1.807, 2.05) is 0 Å². The first-order chi connectivity index (χ1) is 8.11. The van der Waals surface area contributed by atoms with E-state index < -0.39 is 20.2 Å². The maximum absolute atomic E-state index is 11.2. The molecule has 0 amide bonds. The first-order valence-electron chi connectivity index (χ1n) is 5.64. The second-order valence-electron chi connectivity index (χ2n) is 5.04. The van der Waals surface area contributed by atoms with Crippen molar-refractivity contribution < 1.29 is 58.3 Å². The predicted molar refractivity (Wildman–Crippen MR) is 62.4 cm³/mol. The second-order valence-corrected chi connectivity index (χ2v) is 8.55. The van der Waals surface area contributed by atoms with Gasteiger partial charge in [-0.15, -0.1) is 0 Å². The van der Waals surface area contributed by atoms with E-state index in [1.165, 1.54) is 13.8 Å². The van der Waals surface area contributed by atoms with Gasteiger partial charge in [-0.2, -0.15) is 28.2 Å². The summed E-state index contributed by atoms with van der Waals surface area (Å²) in [6.45, 7) is 2.53. The molecule has 0 aromatic carbocycles. The van der Waals surface area contributed by atoms with E-state index in [1.54, 1.807) is 0 Å². The van der Waals surface area contributed by atoms with E-state index >= 15 is 0 Å². The monoisotopic (exact) mass is 384 g/mol. The van der Waals surface area contributed by atoms with Gasteiger partial charge in [0.1, 0.15) is 0 Å². The van der Waals surface area contributed by atoms with Crippen LogP contribution in [0.15, 0.2) is 0 Å². The van der Waals surface area contributed by atoms with Gasteiger partial charge in [0, 0.05) is 32.7 Å². The topological polar surface area (TPSA) is 101 Å². The van der Waals surface area contributed by atoms with E-state index in [2.05, 4.69) is 6.42 Å². The standard InChI is InChI=1S/C7H9O3S.C3H7O3S.Y/c8-11(9)7-3-4-1-5(7)6(2-4)10-11;1-3(2)7(4,5)6;/h2,4-7H,1,3H2;1-2H3,(H,4,5,6);/q2*-1;/p-1. The van der Waals surface area contributed by atoms with Crippen molar-refractivity contribution in [3.63, 3.8) is 0 Å². The Balaban J connectivity index is 0.000000202. The molecule has 2 aliphatic carbocycles. The van der Waals surface area contributed by atoms with Crippen molar-refractivity contribution in [3.05, 3.63) is 11.7 Å². The molecule has 4 unspecified atom stereocenters. The Morgan fingerprint density at radius 2 is 1.84 bits per heavy atom. The van der Waals surface area contributed by atoms with Gasteiger partial charge in [-0.3, -0.25) is 19.0 Å². The summed E-state index contributed by atoms with van der Waals surface area (Å²) in [5, 5.41) is -0.255. The maximum atomic E-state index is 11.2. The fraction of sp³-hybridized carbons (Fsp3) is 0.800. The summed E-state index contributed by atoms with van der Waals surface area (Å²) >= 11 is 0. The van der Waals surface area contributed by atoms with Crippen molar-refractivity contribution in [2.75, 3.05) is 0 Å². The Labute approximate surface area is 139 Å². The van der Waals surface area contributed by atoms with Gasteiger partial charge < -0.3 is 4.55 Å². The zero-order valence-corrected chi connectivity index (χ0v) is 15.1. The Hall–Kier alpha value is 0.924. The SMILES string of the molecule is C[C-](C)S(=O)(=O)[O-].O=S1(=O)OC2[CH-]C3CC2C1C3.[Y]. The van der Waals surface area contributed by atoms with E-state index in [0.717, 1.165) is 12.8 Å². The average Bonchev–Trinajstić information content (AvgIpc) is 2.77. The molecule has 4 atom stereocenters. The minimum absolute atomic E-state index is 0. The summed E-state index contributed by atoms with van der Waals surface area (Å²) in [4.78, 5) is 0. The van der Waals surface area contributed by atoms with Crippen molar-refractivity contribution in [2.24, 2.45) is 11.8 Å². The van der Waals surface area contributed by atoms with E-state index in [0.29, 0.717) is 11.8 Å². The van der Waals surface area contributed by atoms with E-state index in [4.69, 9.17) is 4.18 Å². The molecule has 0 N–H and O–H groups in total. The third-order valence-corrected chi connectivity index (χ3v) is 6.36. The minimum Gasteiger partial charge on any atom is -0.774 e. The van der Waals surface area contributed by atoms with Crippen LogP contribution in [0.2, 0.25) is 0 Å². The first-order valence-corrected chi connectivity index (χ1v) is 8.52. The Morgan fingerprint density at radius 1 is 1.32 bits per heavy atom. The fourth-order valence-electron chi connectivity index (χ4n) is 2.65. The largest absolute Gasteiger partial charge is 0.774 e. The van der Waals surface area contributed by atoms with Crippen LogP contribution >= 0.6 is 0 Å². The summed E-state index contributed by atoms with van der Waals surface area (Å²) < 4.78 is 56.6. The van der Waals surface area contributed by atoms with Gasteiger partial charge in [0.15, 0.2) is 0 Å². The second kappa shape index (κ2) is 5.97. The van der Waals surface area contributed by atoms with Gasteiger partial charge in [-0.1, -0.05) is 12.8 Å². The van der Waals surface area contributed by atoms with Gasteiger partial charge >= 0.3 is 0 Å². The molecular weight excluding hydrogens is 369 g/mol. The molecule has 2 saturated carbocycles. The molecule has 0 aromatic rings. The third kappa shape index (κ3) is 3.77. The van der Waals surface area contributed by atoms with Gasteiger partial charge in [-0.05, 0) is 22.1 Å². The predicted octanol–water partition coefficient (Wildman–Crippen LogP) is 0.429. The van der Waals surface area contributed by atoms with Crippen LogP contribution in [0.5, 0.6) is 0 Å². The molecule has 1 radical (unpaired) electrons. The number of fused-ring (bicyclic) bond motifs is 1. The average molecular weight is 384 g/mol. The molecule has 9 heteroatoms. The summed E-state index contributed by atoms with van der Waals surface area (Å²) in [6.07, 6.45) is 3.84. The smallest absolute Gasteiger partial charge is 0.268 e. The molecule has 0 spiro atoms. The Kier molecular flexibility index (Phi) is 5.64. The minimum atomic E-state index is -4.07. The zero-order valence-electron chi connectivity index (χ0n) is 10.6. The molecule has 3 rings (SSSR count). The summed E-state index contributed by atoms with van der Waals surface area (Å²) in [5.74, 6) is 0.817. The molecule has 19 heavy (non-hydrogen) atoms. The number of hydrogen-bond donors (Lipinski definition) is 0. The van der Waals surface area contributed by atoms with Gasteiger partial charge in [-0.25, -0.2) is 5.25 Å². The van der Waals surface area contributed by atoms with Gasteiger partial charge in [0.25, 0.3) is 10.1 Å². The number of rotatable bonds is 1. The molecule has 1 aliphatic heterocycles. The van der Waals surface area contributed by atoms with Crippen molar-refractivity contribution in [1.29, 1.82) is 0 Å². The first kappa shape index (κ1) is 18.0. The summed E-state index contributed by atoms with van der Waals surface area (Å²) in [7, 11) is -7.24. The molecule has 1 saturated heterocycles.